The van der Waals surface area contributed by atoms with Gasteiger partial charge in [0.25, 0.3) is 5.91 Å². The van der Waals surface area contributed by atoms with E-state index in [2.05, 4.69) is 20.6 Å². The van der Waals surface area contributed by atoms with Gasteiger partial charge in [-0.05, 0) is 24.3 Å². The summed E-state index contributed by atoms with van der Waals surface area (Å²) in [7, 11) is 0. The Kier molecular flexibility index (Phi) is 4.33. The van der Waals surface area contributed by atoms with E-state index in [1.165, 1.54) is 0 Å². The van der Waals surface area contributed by atoms with Crippen LogP contribution in [0.4, 0.5) is 0 Å². The van der Waals surface area contributed by atoms with Gasteiger partial charge >= 0.3 is 0 Å². The van der Waals surface area contributed by atoms with Gasteiger partial charge in [0.2, 0.25) is 0 Å². The van der Waals surface area contributed by atoms with E-state index in [1.807, 2.05) is 42.5 Å². The first-order valence-electron chi connectivity index (χ1n) is 8.02. The molecule has 4 rings (SSSR count). The molecule has 0 bridgehead atoms. The highest BCUT2D eigenvalue weighted by Crippen LogP contribution is 2.17. The van der Waals surface area contributed by atoms with E-state index in [0.717, 1.165) is 11.3 Å². The van der Waals surface area contributed by atoms with Crippen molar-refractivity contribution in [2.24, 2.45) is 0 Å². The molecule has 0 aliphatic carbocycles. The topological polar surface area (TPSA) is 72.2 Å². The zero-order valence-corrected chi connectivity index (χ0v) is 14.4. The van der Waals surface area contributed by atoms with Gasteiger partial charge in [-0.1, -0.05) is 54.1 Å². The number of nitrogens with one attached hydrogen (secondary N) is 1. The first-order valence-corrected chi connectivity index (χ1v) is 8.39. The fraction of sp³-hybridized carbons (Fsp3) is 0.0526. The second-order valence-electron chi connectivity index (χ2n) is 5.63. The smallest absolute Gasteiger partial charge is 0.253 e. The fourth-order valence-corrected chi connectivity index (χ4v) is 2.83. The Labute approximate surface area is 154 Å². The summed E-state index contributed by atoms with van der Waals surface area (Å²) >= 11 is 6.06. The number of hydrogen-bond acceptors (Lipinski definition) is 4. The molecule has 128 valence electrons. The Morgan fingerprint density at radius 3 is 2.54 bits per heavy atom. The Morgan fingerprint density at radius 2 is 1.73 bits per heavy atom. The van der Waals surface area contributed by atoms with Crippen LogP contribution in [0, 0.1) is 0 Å². The van der Waals surface area contributed by atoms with Crippen molar-refractivity contribution in [1.82, 2.24) is 25.1 Å². The van der Waals surface area contributed by atoms with E-state index in [9.17, 15) is 4.79 Å². The molecule has 2 heterocycles. The van der Waals surface area contributed by atoms with Crippen LogP contribution in [-0.2, 0) is 6.54 Å². The molecule has 4 aromatic rings. The van der Waals surface area contributed by atoms with Crippen LogP contribution in [0.15, 0.2) is 66.7 Å². The van der Waals surface area contributed by atoms with Crippen molar-refractivity contribution in [2.75, 3.05) is 0 Å². The number of hydrogen-bond donors (Lipinski definition) is 1. The summed E-state index contributed by atoms with van der Waals surface area (Å²) in [6.07, 6.45) is 0. The van der Waals surface area contributed by atoms with Crippen LogP contribution in [-0.4, -0.2) is 25.7 Å². The lowest BCUT2D eigenvalue weighted by atomic mass is 10.1. The van der Waals surface area contributed by atoms with Gasteiger partial charge < -0.3 is 5.32 Å². The van der Waals surface area contributed by atoms with Gasteiger partial charge in [-0.3, -0.25) is 4.79 Å². The third kappa shape index (κ3) is 3.14. The summed E-state index contributed by atoms with van der Waals surface area (Å²) in [6, 6.07) is 20.5. The molecule has 7 heteroatoms. The number of fused-ring (bicyclic) bond motifs is 1. The molecule has 2 aromatic heterocycles. The molecule has 0 fully saturated rings. The number of amides is 1. The van der Waals surface area contributed by atoms with Gasteiger partial charge in [-0.2, -0.15) is 9.61 Å². The molecule has 6 nitrogen and oxygen atoms in total. The SMILES string of the molecule is O=C(NCc1nnc2ccc(-c3ccccc3)nn12)c1ccccc1Cl. The summed E-state index contributed by atoms with van der Waals surface area (Å²) in [5.74, 6) is 0.268. The van der Waals surface area contributed by atoms with Crippen LogP contribution < -0.4 is 5.32 Å². The third-order valence-electron chi connectivity index (χ3n) is 3.92. The molecule has 0 aliphatic heterocycles. The minimum Gasteiger partial charge on any atom is -0.345 e. The number of carbonyl (C=O) groups is 1. The van der Waals surface area contributed by atoms with E-state index >= 15 is 0 Å². The van der Waals surface area contributed by atoms with Crippen LogP contribution in [0.3, 0.4) is 0 Å². The van der Waals surface area contributed by atoms with Gasteiger partial charge in [0, 0.05) is 5.56 Å². The predicted molar refractivity (Wildman–Crippen MR) is 98.8 cm³/mol. The zero-order chi connectivity index (χ0) is 17.9. The van der Waals surface area contributed by atoms with E-state index in [0.29, 0.717) is 22.1 Å². The average Bonchev–Trinajstić information content (AvgIpc) is 3.09. The van der Waals surface area contributed by atoms with E-state index < -0.39 is 0 Å². The maximum absolute atomic E-state index is 12.3. The Morgan fingerprint density at radius 1 is 0.962 bits per heavy atom. The minimum atomic E-state index is -0.272. The molecule has 26 heavy (non-hydrogen) atoms. The first kappa shape index (κ1) is 16.2. The van der Waals surface area contributed by atoms with Gasteiger partial charge in [0.1, 0.15) is 0 Å². The number of benzene rings is 2. The van der Waals surface area contributed by atoms with E-state index in [1.54, 1.807) is 28.8 Å². The maximum Gasteiger partial charge on any atom is 0.253 e. The van der Waals surface area contributed by atoms with Gasteiger partial charge in [-0.25, -0.2) is 0 Å². The molecule has 2 aromatic carbocycles. The van der Waals surface area contributed by atoms with Gasteiger partial charge in [-0.15, -0.1) is 10.2 Å². The van der Waals surface area contributed by atoms with Crippen molar-refractivity contribution in [3.63, 3.8) is 0 Å². The largest absolute Gasteiger partial charge is 0.345 e. The van der Waals surface area contributed by atoms with Crippen LogP contribution in [0.1, 0.15) is 16.2 Å². The Bertz CT molecular complexity index is 1080. The lowest BCUT2D eigenvalue weighted by Crippen LogP contribution is -2.24. The quantitative estimate of drug-likeness (QED) is 0.603. The van der Waals surface area contributed by atoms with Crippen molar-refractivity contribution >= 4 is 23.2 Å². The molecule has 0 saturated heterocycles. The normalized spacial score (nSPS) is 10.8. The molecular weight excluding hydrogens is 350 g/mol. The van der Waals surface area contributed by atoms with Crippen LogP contribution in [0.2, 0.25) is 5.02 Å². The van der Waals surface area contributed by atoms with Crippen molar-refractivity contribution in [3.05, 3.63) is 83.1 Å². The lowest BCUT2D eigenvalue weighted by Gasteiger charge is -2.06. The van der Waals surface area contributed by atoms with Crippen LogP contribution >= 0.6 is 11.6 Å². The van der Waals surface area contributed by atoms with Crippen molar-refractivity contribution in [1.29, 1.82) is 0 Å². The fourth-order valence-electron chi connectivity index (χ4n) is 2.61. The molecule has 0 atom stereocenters. The first-order chi connectivity index (χ1) is 12.7. The molecule has 0 aliphatic rings. The number of halogens is 1. The second-order valence-corrected chi connectivity index (χ2v) is 6.04. The monoisotopic (exact) mass is 363 g/mol. The highest BCUT2D eigenvalue weighted by Gasteiger charge is 2.13. The van der Waals surface area contributed by atoms with Gasteiger partial charge in [0.05, 0.1) is 22.8 Å². The Hall–Kier alpha value is -3.25. The summed E-state index contributed by atoms with van der Waals surface area (Å²) in [5, 5.41) is 16.0. The van der Waals surface area contributed by atoms with Crippen molar-refractivity contribution in [3.8, 4) is 11.3 Å². The summed E-state index contributed by atoms with van der Waals surface area (Å²) in [4.78, 5) is 12.3. The molecule has 0 unspecified atom stereocenters. The van der Waals surface area contributed by atoms with Gasteiger partial charge in [0.15, 0.2) is 11.5 Å². The number of rotatable bonds is 4. The maximum atomic E-state index is 12.3. The third-order valence-corrected chi connectivity index (χ3v) is 4.25. The second kappa shape index (κ2) is 6.93. The van der Waals surface area contributed by atoms with Crippen LogP contribution in [0.5, 0.6) is 0 Å². The summed E-state index contributed by atoms with van der Waals surface area (Å²) in [6.45, 7) is 0.191. The molecular formula is C19H14ClN5O. The number of carbonyl (C=O) groups excluding carboxylic acids is 1. The molecule has 0 spiro atoms. The number of nitrogens with zero attached hydrogens (tertiary/aromatic N) is 4. The highest BCUT2D eigenvalue weighted by atomic mass is 35.5. The molecule has 1 amide bonds. The minimum absolute atomic E-state index is 0.191. The standard InChI is InChI=1S/C19H14ClN5O/c20-15-9-5-4-8-14(15)19(26)21-12-18-23-22-17-11-10-16(24-25(17)18)13-6-2-1-3-7-13/h1-11H,12H2,(H,21,26). The van der Waals surface area contributed by atoms with Crippen molar-refractivity contribution < 1.29 is 4.79 Å². The highest BCUT2D eigenvalue weighted by molar-refractivity contribution is 6.33. The molecule has 1 N–H and O–H groups in total. The predicted octanol–water partition coefficient (Wildman–Crippen LogP) is 3.37. The molecule has 0 saturated carbocycles. The van der Waals surface area contributed by atoms with E-state index in [-0.39, 0.29) is 12.5 Å². The lowest BCUT2D eigenvalue weighted by molar-refractivity contribution is 0.0950. The number of aromatic nitrogens is 4. The van der Waals surface area contributed by atoms with Crippen LogP contribution in [0.25, 0.3) is 16.9 Å². The Balaban J connectivity index is 1.59. The molecule has 0 radical (unpaired) electrons. The zero-order valence-electron chi connectivity index (χ0n) is 13.6. The van der Waals surface area contributed by atoms with E-state index in [4.69, 9.17) is 11.6 Å². The summed E-state index contributed by atoms with van der Waals surface area (Å²) in [5.41, 5.74) is 2.83. The van der Waals surface area contributed by atoms with Crippen molar-refractivity contribution in [2.45, 2.75) is 6.54 Å². The summed E-state index contributed by atoms with van der Waals surface area (Å²) < 4.78 is 1.63. The average molecular weight is 364 g/mol.